The Morgan fingerprint density at radius 1 is 1.56 bits per heavy atom. The number of carbonyl (C=O) groups excluding carboxylic acids is 1. The maximum absolute atomic E-state index is 11.7. The molecule has 6 nitrogen and oxygen atoms in total. The number of halogens is 1. The van der Waals surface area contributed by atoms with Gasteiger partial charge in [0.2, 0.25) is 0 Å². The number of hydrogen-bond donors (Lipinski definition) is 0. The van der Waals surface area contributed by atoms with Gasteiger partial charge < -0.3 is 0 Å². The van der Waals surface area contributed by atoms with Crippen LogP contribution in [0, 0.1) is 10.1 Å². The smallest absolute Gasteiger partial charge is 0.274 e. The predicted molar refractivity (Wildman–Crippen MR) is 57.2 cm³/mol. The SMILES string of the molecule is CON(C)C(=O)c1cccc([N+](=O)[O-])c1Cl. The van der Waals surface area contributed by atoms with Gasteiger partial charge in [0, 0.05) is 13.1 Å². The number of hydroxylamine groups is 2. The van der Waals surface area contributed by atoms with E-state index in [2.05, 4.69) is 4.84 Å². The van der Waals surface area contributed by atoms with Gasteiger partial charge >= 0.3 is 0 Å². The van der Waals surface area contributed by atoms with Crippen molar-refractivity contribution < 1.29 is 14.6 Å². The fourth-order valence-corrected chi connectivity index (χ4v) is 1.35. The molecule has 0 radical (unpaired) electrons. The lowest BCUT2D eigenvalue weighted by Crippen LogP contribution is -2.25. The van der Waals surface area contributed by atoms with Gasteiger partial charge in [-0.1, -0.05) is 17.7 Å². The maximum atomic E-state index is 11.7. The first kappa shape index (κ1) is 12.4. The van der Waals surface area contributed by atoms with Crippen LogP contribution in [0.15, 0.2) is 18.2 Å². The van der Waals surface area contributed by atoms with Crippen LogP contribution in [0.5, 0.6) is 0 Å². The molecule has 0 aliphatic heterocycles. The molecule has 0 unspecified atom stereocenters. The monoisotopic (exact) mass is 244 g/mol. The van der Waals surface area contributed by atoms with Crippen LogP contribution in [-0.2, 0) is 4.84 Å². The van der Waals surface area contributed by atoms with Gasteiger partial charge in [0.1, 0.15) is 5.02 Å². The molecular weight excluding hydrogens is 236 g/mol. The van der Waals surface area contributed by atoms with Gasteiger partial charge in [0.25, 0.3) is 11.6 Å². The first-order valence-corrected chi connectivity index (χ1v) is 4.62. The third-order valence-corrected chi connectivity index (χ3v) is 2.36. The largest absolute Gasteiger partial charge is 0.288 e. The molecule has 0 saturated heterocycles. The van der Waals surface area contributed by atoms with Crippen molar-refractivity contribution in [1.82, 2.24) is 5.06 Å². The van der Waals surface area contributed by atoms with E-state index in [1.165, 1.54) is 32.4 Å². The van der Waals surface area contributed by atoms with Gasteiger partial charge in [0.05, 0.1) is 17.6 Å². The van der Waals surface area contributed by atoms with Crippen molar-refractivity contribution in [2.75, 3.05) is 14.2 Å². The molecule has 0 saturated carbocycles. The second kappa shape index (κ2) is 4.91. The summed E-state index contributed by atoms with van der Waals surface area (Å²) < 4.78 is 0. The van der Waals surface area contributed by atoms with Crippen molar-refractivity contribution >= 4 is 23.2 Å². The Morgan fingerprint density at radius 3 is 2.69 bits per heavy atom. The number of benzene rings is 1. The van der Waals surface area contributed by atoms with E-state index in [1.54, 1.807) is 0 Å². The number of nitro groups is 1. The standard InChI is InChI=1S/C9H9ClN2O4/c1-11(16-2)9(13)6-4-3-5-7(8(6)10)12(14)15/h3-5H,1-2H3. The minimum absolute atomic E-state index is 0.0280. The molecule has 0 atom stereocenters. The number of hydrogen-bond acceptors (Lipinski definition) is 4. The first-order chi connectivity index (χ1) is 7.49. The van der Waals surface area contributed by atoms with Crippen molar-refractivity contribution in [2.45, 2.75) is 0 Å². The molecular formula is C9H9ClN2O4. The predicted octanol–water partition coefficient (Wildman–Crippen LogP) is 1.88. The van der Waals surface area contributed by atoms with E-state index in [-0.39, 0.29) is 16.3 Å². The van der Waals surface area contributed by atoms with Gasteiger partial charge in [-0.3, -0.25) is 19.7 Å². The molecule has 0 aromatic heterocycles. The van der Waals surface area contributed by atoms with Gasteiger partial charge in [-0.15, -0.1) is 0 Å². The summed E-state index contributed by atoms with van der Waals surface area (Å²) in [5, 5.41) is 11.3. The van der Waals surface area contributed by atoms with Crippen molar-refractivity contribution in [3.05, 3.63) is 38.9 Å². The Hall–Kier alpha value is -1.66. The summed E-state index contributed by atoms with van der Waals surface area (Å²) in [5.74, 6) is -0.545. The van der Waals surface area contributed by atoms with Gasteiger partial charge in [-0.2, -0.15) is 0 Å². The number of nitrogens with zero attached hydrogens (tertiary/aromatic N) is 2. The molecule has 1 aromatic carbocycles. The van der Waals surface area contributed by atoms with Crippen LogP contribution in [0.3, 0.4) is 0 Å². The van der Waals surface area contributed by atoms with Crippen LogP contribution >= 0.6 is 11.6 Å². The van der Waals surface area contributed by atoms with E-state index in [0.29, 0.717) is 0 Å². The molecule has 1 rings (SSSR count). The minimum Gasteiger partial charge on any atom is -0.274 e. The number of carbonyl (C=O) groups is 1. The van der Waals surface area contributed by atoms with Crippen LogP contribution in [0.1, 0.15) is 10.4 Å². The van der Waals surface area contributed by atoms with E-state index in [4.69, 9.17) is 11.6 Å². The van der Waals surface area contributed by atoms with Crippen LogP contribution in [-0.4, -0.2) is 30.1 Å². The summed E-state index contributed by atoms with van der Waals surface area (Å²) in [4.78, 5) is 26.3. The Kier molecular flexibility index (Phi) is 3.81. The van der Waals surface area contributed by atoms with Gasteiger partial charge in [-0.25, -0.2) is 5.06 Å². The molecule has 0 heterocycles. The molecule has 7 heteroatoms. The zero-order chi connectivity index (χ0) is 12.3. The van der Waals surface area contributed by atoms with E-state index in [1.807, 2.05) is 0 Å². The van der Waals surface area contributed by atoms with Crippen molar-refractivity contribution in [3.8, 4) is 0 Å². The average Bonchev–Trinajstić information content (AvgIpc) is 2.27. The summed E-state index contributed by atoms with van der Waals surface area (Å²) in [6, 6.07) is 4.01. The lowest BCUT2D eigenvalue weighted by atomic mass is 10.2. The molecule has 0 aliphatic rings. The van der Waals surface area contributed by atoms with Gasteiger partial charge in [0.15, 0.2) is 0 Å². The minimum atomic E-state index is -0.647. The Balaban J connectivity index is 3.20. The van der Waals surface area contributed by atoms with Crippen molar-refractivity contribution in [3.63, 3.8) is 0 Å². The second-order valence-electron chi connectivity index (χ2n) is 2.88. The third kappa shape index (κ3) is 2.29. The number of rotatable bonds is 3. The summed E-state index contributed by atoms with van der Waals surface area (Å²) in [5.41, 5.74) is -0.280. The third-order valence-electron chi connectivity index (χ3n) is 1.97. The highest BCUT2D eigenvalue weighted by atomic mass is 35.5. The fourth-order valence-electron chi connectivity index (χ4n) is 1.08. The Bertz CT molecular complexity index is 436. The summed E-state index contributed by atoms with van der Waals surface area (Å²) >= 11 is 5.75. The zero-order valence-corrected chi connectivity index (χ0v) is 9.39. The van der Waals surface area contributed by atoms with Crippen LogP contribution in [0.2, 0.25) is 5.02 Å². The lowest BCUT2D eigenvalue weighted by Gasteiger charge is -2.14. The lowest BCUT2D eigenvalue weighted by molar-refractivity contribution is -0.384. The zero-order valence-electron chi connectivity index (χ0n) is 8.64. The highest BCUT2D eigenvalue weighted by molar-refractivity contribution is 6.35. The van der Waals surface area contributed by atoms with E-state index in [0.717, 1.165) is 5.06 Å². The first-order valence-electron chi connectivity index (χ1n) is 4.24. The molecule has 1 amide bonds. The molecule has 0 bridgehead atoms. The molecule has 1 aromatic rings. The van der Waals surface area contributed by atoms with Crippen LogP contribution < -0.4 is 0 Å². The quantitative estimate of drug-likeness (QED) is 0.601. The van der Waals surface area contributed by atoms with Gasteiger partial charge in [-0.05, 0) is 6.07 Å². The topological polar surface area (TPSA) is 72.7 Å². The second-order valence-corrected chi connectivity index (χ2v) is 3.26. The van der Waals surface area contributed by atoms with Crippen molar-refractivity contribution in [2.24, 2.45) is 0 Å². The Labute approximate surface area is 96.5 Å². The van der Waals surface area contributed by atoms with E-state index >= 15 is 0 Å². The molecule has 86 valence electrons. The average molecular weight is 245 g/mol. The van der Waals surface area contributed by atoms with Crippen LogP contribution in [0.4, 0.5) is 5.69 Å². The molecule has 0 fully saturated rings. The highest BCUT2D eigenvalue weighted by Crippen LogP contribution is 2.28. The summed E-state index contributed by atoms with van der Waals surface area (Å²) in [7, 11) is 2.70. The number of nitro benzene ring substituents is 1. The van der Waals surface area contributed by atoms with E-state index < -0.39 is 10.8 Å². The Morgan fingerprint density at radius 2 is 2.19 bits per heavy atom. The number of amides is 1. The fraction of sp³-hybridized carbons (Fsp3) is 0.222. The molecule has 16 heavy (non-hydrogen) atoms. The highest BCUT2D eigenvalue weighted by Gasteiger charge is 2.22. The van der Waals surface area contributed by atoms with Crippen molar-refractivity contribution in [1.29, 1.82) is 0 Å². The maximum Gasteiger partial charge on any atom is 0.288 e. The molecule has 0 spiro atoms. The molecule has 0 aliphatic carbocycles. The summed E-state index contributed by atoms with van der Waals surface area (Å²) in [6.07, 6.45) is 0. The summed E-state index contributed by atoms with van der Waals surface area (Å²) in [6.45, 7) is 0. The normalized spacial score (nSPS) is 9.94. The molecule has 0 N–H and O–H groups in total. The van der Waals surface area contributed by atoms with E-state index in [9.17, 15) is 14.9 Å². The van der Waals surface area contributed by atoms with Crippen LogP contribution in [0.25, 0.3) is 0 Å².